The summed E-state index contributed by atoms with van der Waals surface area (Å²) in [5.41, 5.74) is 7.68. The van der Waals surface area contributed by atoms with Gasteiger partial charge in [0.25, 0.3) is 0 Å². The molecular formula is C24H27PS. The second-order valence-corrected chi connectivity index (χ2v) is 12.1. The summed E-state index contributed by atoms with van der Waals surface area (Å²) >= 11 is 6.57. The van der Waals surface area contributed by atoms with E-state index >= 15 is 0 Å². The molecule has 0 bridgehead atoms. The van der Waals surface area contributed by atoms with E-state index in [1.807, 2.05) is 0 Å². The van der Waals surface area contributed by atoms with Crippen LogP contribution in [0.25, 0.3) is 0 Å². The summed E-state index contributed by atoms with van der Waals surface area (Å²) in [6.07, 6.45) is 0. The molecule has 0 amide bonds. The van der Waals surface area contributed by atoms with Crippen LogP contribution >= 0.6 is 6.04 Å². The summed E-state index contributed by atoms with van der Waals surface area (Å²) in [5, 5.41) is 3.88. The highest BCUT2D eigenvalue weighted by Gasteiger charge is 2.26. The van der Waals surface area contributed by atoms with Crippen LogP contribution in [0.4, 0.5) is 0 Å². The molecule has 0 N–H and O–H groups in total. The number of benzene rings is 3. The molecule has 3 aromatic rings. The van der Waals surface area contributed by atoms with Gasteiger partial charge in [0.1, 0.15) is 0 Å². The molecular weight excluding hydrogens is 351 g/mol. The van der Waals surface area contributed by atoms with Gasteiger partial charge in [-0.25, -0.2) is 0 Å². The van der Waals surface area contributed by atoms with E-state index in [1.165, 1.54) is 49.3 Å². The molecule has 0 nitrogen and oxygen atoms in total. The van der Waals surface area contributed by atoms with Crippen molar-refractivity contribution < 1.29 is 0 Å². The van der Waals surface area contributed by atoms with Gasteiger partial charge in [0, 0.05) is 6.04 Å². The first kappa shape index (κ1) is 19.1. The average molecular weight is 379 g/mol. The van der Waals surface area contributed by atoms with Crippen molar-refractivity contribution in [3.63, 3.8) is 0 Å². The third-order valence-corrected chi connectivity index (χ3v) is 9.56. The van der Waals surface area contributed by atoms with E-state index in [9.17, 15) is 0 Å². The van der Waals surface area contributed by atoms with Gasteiger partial charge in [-0.1, -0.05) is 99.8 Å². The van der Waals surface area contributed by atoms with Crippen molar-refractivity contribution in [3.8, 4) is 0 Å². The Bertz CT molecular complexity index is 838. The Hall–Kier alpha value is -1.69. The minimum atomic E-state index is -2.10. The largest absolute Gasteiger partial charge is 0.0826 e. The van der Waals surface area contributed by atoms with Gasteiger partial charge in [-0.2, -0.15) is 0 Å². The summed E-state index contributed by atoms with van der Waals surface area (Å²) in [4.78, 5) is 0. The summed E-state index contributed by atoms with van der Waals surface area (Å²) in [6.45, 7) is 13.0. The van der Waals surface area contributed by atoms with Crippen LogP contribution in [0, 0.1) is 41.5 Å². The third kappa shape index (κ3) is 3.70. The first-order chi connectivity index (χ1) is 12.2. The standard InChI is InChI=1S/C24H27PS/c1-16-7-17(2)11-22(10-16)25(26,23-12-18(3)8-19(4)13-23)24-14-20(5)9-21(6)15-24/h7-15H,1-6H3. The Balaban J connectivity index is 2.40. The molecule has 0 heterocycles. The Morgan fingerprint density at radius 2 is 0.615 bits per heavy atom. The van der Waals surface area contributed by atoms with Crippen LogP contribution in [-0.4, -0.2) is 0 Å². The van der Waals surface area contributed by atoms with Crippen LogP contribution in [0.1, 0.15) is 33.4 Å². The highest BCUT2D eigenvalue weighted by Crippen LogP contribution is 2.44. The second kappa shape index (κ2) is 7.14. The third-order valence-electron chi connectivity index (χ3n) is 4.71. The molecule has 3 rings (SSSR count). The molecule has 2 heteroatoms. The maximum Gasteiger partial charge on any atom is 0.0380 e. The zero-order chi connectivity index (χ0) is 19.1. The van der Waals surface area contributed by atoms with Crippen LogP contribution in [0.3, 0.4) is 0 Å². The zero-order valence-corrected chi connectivity index (χ0v) is 18.3. The first-order valence-corrected chi connectivity index (χ1v) is 11.9. The number of hydrogen-bond donors (Lipinski definition) is 0. The molecule has 0 radical (unpaired) electrons. The maximum absolute atomic E-state index is 6.57. The Labute approximate surface area is 163 Å². The lowest BCUT2D eigenvalue weighted by atomic mass is 10.1. The monoisotopic (exact) mass is 378 g/mol. The minimum Gasteiger partial charge on any atom is -0.0826 e. The van der Waals surface area contributed by atoms with Crippen molar-refractivity contribution in [1.82, 2.24) is 0 Å². The number of rotatable bonds is 3. The van der Waals surface area contributed by atoms with E-state index in [1.54, 1.807) is 0 Å². The summed E-state index contributed by atoms with van der Waals surface area (Å²) in [6, 6.07) is 18.3. The fourth-order valence-corrected chi connectivity index (χ4v) is 8.00. The molecule has 0 aliphatic rings. The maximum atomic E-state index is 6.57. The number of aryl methyl sites for hydroxylation is 6. The van der Waals surface area contributed by atoms with Crippen molar-refractivity contribution in [2.45, 2.75) is 41.5 Å². The van der Waals surface area contributed by atoms with Gasteiger partial charge >= 0.3 is 0 Å². The van der Waals surface area contributed by atoms with Crippen LogP contribution in [0.2, 0.25) is 0 Å². The van der Waals surface area contributed by atoms with Crippen molar-refractivity contribution >= 4 is 33.8 Å². The predicted molar refractivity (Wildman–Crippen MR) is 121 cm³/mol. The van der Waals surface area contributed by atoms with E-state index in [2.05, 4.69) is 96.1 Å². The second-order valence-electron chi connectivity index (χ2n) is 7.65. The molecule has 134 valence electrons. The van der Waals surface area contributed by atoms with Gasteiger partial charge in [0.2, 0.25) is 0 Å². The molecule has 0 spiro atoms. The molecule has 0 saturated carbocycles. The van der Waals surface area contributed by atoms with Crippen LogP contribution in [0.15, 0.2) is 54.6 Å². The highest BCUT2D eigenvalue weighted by molar-refractivity contribution is 8.25. The van der Waals surface area contributed by atoms with E-state index in [-0.39, 0.29) is 0 Å². The molecule has 0 unspecified atom stereocenters. The molecule has 0 atom stereocenters. The summed E-state index contributed by atoms with van der Waals surface area (Å²) in [5.74, 6) is 0. The van der Waals surface area contributed by atoms with Crippen molar-refractivity contribution in [2.24, 2.45) is 0 Å². The molecule has 0 aromatic heterocycles. The molecule has 26 heavy (non-hydrogen) atoms. The van der Waals surface area contributed by atoms with Gasteiger partial charge < -0.3 is 0 Å². The lowest BCUT2D eigenvalue weighted by Crippen LogP contribution is -2.26. The van der Waals surface area contributed by atoms with Crippen molar-refractivity contribution in [2.75, 3.05) is 0 Å². The van der Waals surface area contributed by atoms with E-state index in [0.29, 0.717) is 0 Å². The van der Waals surface area contributed by atoms with Gasteiger partial charge in [-0.3, -0.25) is 0 Å². The van der Waals surface area contributed by atoms with Crippen LogP contribution in [0.5, 0.6) is 0 Å². The van der Waals surface area contributed by atoms with Gasteiger partial charge in [0.15, 0.2) is 0 Å². The Kier molecular flexibility index (Phi) is 5.24. The van der Waals surface area contributed by atoms with E-state index in [4.69, 9.17) is 11.8 Å². The molecule has 0 fully saturated rings. The summed E-state index contributed by atoms with van der Waals surface area (Å²) in [7, 11) is 0. The quantitative estimate of drug-likeness (QED) is 0.558. The van der Waals surface area contributed by atoms with Crippen LogP contribution < -0.4 is 15.9 Å². The lowest BCUT2D eigenvalue weighted by molar-refractivity contribution is 1.39. The van der Waals surface area contributed by atoms with Crippen molar-refractivity contribution in [1.29, 1.82) is 0 Å². The fourth-order valence-electron chi connectivity index (χ4n) is 3.84. The Morgan fingerprint density at radius 3 is 0.808 bits per heavy atom. The lowest BCUT2D eigenvalue weighted by Gasteiger charge is -2.26. The van der Waals surface area contributed by atoms with Gasteiger partial charge in [0.05, 0.1) is 0 Å². The molecule has 0 aliphatic heterocycles. The van der Waals surface area contributed by atoms with E-state index in [0.717, 1.165) is 0 Å². The normalized spacial score (nSPS) is 11.6. The minimum absolute atomic E-state index is 1.28. The fraction of sp³-hybridized carbons (Fsp3) is 0.250. The Morgan fingerprint density at radius 1 is 0.423 bits per heavy atom. The smallest absolute Gasteiger partial charge is 0.0380 e. The topological polar surface area (TPSA) is 0 Å². The van der Waals surface area contributed by atoms with Gasteiger partial charge in [-0.05, 0) is 57.5 Å². The van der Waals surface area contributed by atoms with Crippen LogP contribution in [-0.2, 0) is 11.8 Å². The SMILES string of the molecule is Cc1cc(C)cc(P(=S)(c2cc(C)cc(C)c2)c2cc(C)cc(C)c2)c1. The van der Waals surface area contributed by atoms with Gasteiger partial charge in [-0.15, -0.1) is 0 Å². The highest BCUT2D eigenvalue weighted by atomic mass is 32.4. The average Bonchev–Trinajstić information content (AvgIpc) is 2.51. The number of hydrogen-bond acceptors (Lipinski definition) is 1. The molecule has 0 saturated heterocycles. The summed E-state index contributed by atoms with van der Waals surface area (Å²) < 4.78 is 0. The van der Waals surface area contributed by atoms with E-state index < -0.39 is 6.04 Å². The molecule has 0 aliphatic carbocycles. The first-order valence-electron chi connectivity index (χ1n) is 9.05. The molecule has 3 aromatic carbocycles. The predicted octanol–water partition coefficient (Wildman–Crippen LogP) is 5.29. The van der Waals surface area contributed by atoms with Crippen molar-refractivity contribution in [3.05, 3.63) is 88.0 Å². The zero-order valence-electron chi connectivity index (χ0n) is 16.6.